The van der Waals surface area contributed by atoms with Crippen LogP contribution in [0.4, 0.5) is 5.69 Å². The van der Waals surface area contributed by atoms with Gasteiger partial charge in [-0.2, -0.15) is 0 Å². The highest BCUT2D eigenvalue weighted by Crippen LogP contribution is 2.25. The number of hydrogen-bond acceptors (Lipinski definition) is 2. The molecule has 0 fully saturated rings. The number of aliphatic carboxylic acids is 1. The number of carbonyl (C=O) groups excluding carboxylic acids is 1. The molecule has 2 N–H and O–H groups in total. The van der Waals surface area contributed by atoms with Crippen LogP contribution in [0.15, 0.2) is 72.9 Å². The van der Waals surface area contributed by atoms with Crippen molar-refractivity contribution >= 4 is 17.6 Å². The minimum absolute atomic E-state index is 0.0126. The van der Waals surface area contributed by atoms with Gasteiger partial charge in [-0.3, -0.25) is 4.79 Å². The molecule has 0 heterocycles. The van der Waals surface area contributed by atoms with Gasteiger partial charge in [0.05, 0.1) is 11.1 Å². The highest BCUT2D eigenvalue weighted by atomic mass is 16.4. The van der Waals surface area contributed by atoms with Gasteiger partial charge in [-0.1, -0.05) is 58.2 Å². The van der Waals surface area contributed by atoms with Gasteiger partial charge in [0.15, 0.2) is 0 Å². The maximum atomic E-state index is 12.5. The Morgan fingerprint density at radius 1 is 1.08 bits per heavy atom. The molecule has 0 aliphatic heterocycles. The third kappa shape index (κ3) is 5.09. The molecule has 0 unspecified atom stereocenters. The molecule has 0 bridgehead atoms. The van der Waals surface area contributed by atoms with E-state index in [1.165, 1.54) is 24.3 Å². The van der Waals surface area contributed by atoms with Crippen LogP contribution < -0.4 is 5.32 Å². The zero-order valence-corrected chi connectivity index (χ0v) is 14.3. The summed E-state index contributed by atoms with van der Waals surface area (Å²) < 4.78 is 0. The molecular weight excluding hydrogens is 302 g/mol. The molecule has 1 aromatic carbocycles. The quantitative estimate of drug-likeness (QED) is 0.607. The van der Waals surface area contributed by atoms with Crippen molar-refractivity contribution in [1.29, 1.82) is 0 Å². The maximum Gasteiger partial charge on any atom is 0.336 e. The van der Waals surface area contributed by atoms with Gasteiger partial charge in [0.2, 0.25) is 0 Å². The van der Waals surface area contributed by atoms with E-state index >= 15 is 0 Å². The minimum atomic E-state index is -1.21. The lowest BCUT2D eigenvalue weighted by Crippen LogP contribution is -2.20. The van der Waals surface area contributed by atoms with Crippen LogP contribution in [0, 0.1) is 0 Å². The number of rotatable bonds is 6. The van der Waals surface area contributed by atoms with Gasteiger partial charge >= 0.3 is 5.97 Å². The fraction of sp³-hybridized carbons (Fsp3) is 0.200. The van der Waals surface area contributed by atoms with Crippen molar-refractivity contribution in [2.75, 3.05) is 5.32 Å². The fourth-order valence-electron chi connectivity index (χ4n) is 2.06. The molecule has 0 spiro atoms. The van der Waals surface area contributed by atoms with Gasteiger partial charge in [-0.05, 0) is 35.3 Å². The smallest absolute Gasteiger partial charge is 0.336 e. The SMILES string of the molecule is C=C/C=C(C(=O)O)\C(=C/C=C)C(=O)Nc1cccc(C(C)(C)C)c1. The molecule has 1 rings (SSSR count). The lowest BCUT2D eigenvalue weighted by Gasteiger charge is -2.20. The zero-order valence-electron chi connectivity index (χ0n) is 14.3. The first-order chi connectivity index (χ1) is 11.2. The molecule has 0 saturated heterocycles. The lowest BCUT2D eigenvalue weighted by atomic mass is 9.87. The van der Waals surface area contributed by atoms with E-state index in [1.54, 1.807) is 6.07 Å². The summed E-state index contributed by atoms with van der Waals surface area (Å²) in [5.41, 5.74) is 1.48. The lowest BCUT2D eigenvalue weighted by molar-refractivity contribution is -0.132. The highest BCUT2D eigenvalue weighted by Gasteiger charge is 2.20. The van der Waals surface area contributed by atoms with Crippen LogP contribution in [-0.2, 0) is 15.0 Å². The minimum Gasteiger partial charge on any atom is -0.478 e. The molecule has 4 nitrogen and oxygen atoms in total. The number of anilines is 1. The van der Waals surface area contributed by atoms with Crippen LogP contribution in [0.3, 0.4) is 0 Å². The van der Waals surface area contributed by atoms with Gasteiger partial charge in [0.25, 0.3) is 5.91 Å². The highest BCUT2D eigenvalue weighted by molar-refractivity contribution is 6.14. The number of carbonyl (C=O) groups is 2. The number of amides is 1. The Morgan fingerprint density at radius 2 is 1.67 bits per heavy atom. The van der Waals surface area contributed by atoms with Crippen molar-refractivity contribution in [3.05, 3.63) is 78.4 Å². The Morgan fingerprint density at radius 3 is 2.17 bits per heavy atom. The number of carboxylic acids is 1. The summed E-state index contributed by atoms with van der Waals surface area (Å²) in [5, 5.41) is 12.0. The summed E-state index contributed by atoms with van der Waals surface area (Å²) in [5.74, 6) is -1.72. The Bertz CT molecular complexity index is 719. The van der Waals surface area contributed by atoms with Crippen LogP contribution in [0.1, 0.15) is 26.3 Å². The van der Waals surface area contributed by atoms with Crippen molar-refractivity contribution < 1.29 is 14.7 Å². The van der Waals surface area contributed by atoms with E-state index in [0.717, 1.165) is 5.56 Å². The zero-order chi connectivity index (χ0) is 18.3. The first kappa shape index (κ1) is 19.2. The van der Waals surface area contributed by atoms with Crippen LogP contribution in [0.2, 0.25) is 0 Å². The third-order valence-electron chi connectivity index (χ3n) is 3.32. The van der Waals surface area contributed by atoms with Crippen molar-refractivity contribution in [1.82, 2.24) is 0 Å². The molecule has 0 atom stereocenters. The molecule has 0 aliphatic rings. The Labute approximate surface area is 142 Å². The topological polar surface area (TPSA) is 66.4 Å². The van der Waals surface area contributed by atoms with E-state index in [-0.39, 0.29) is 16.6 Å². The molecule has 0 radical (unpaired) electrons. The number of benzene rings is 1. The van der Waals surface area contributed by atoms with Gasteiger partial charge in [-0.15, -0.1) is 0 Å². The van der Waals surface area contributed by atoms with E-state index in [4.69, 9.17) is 0 Å². The Balaban J connectivity index is 3.18. The molecule has 1 amide bonds. The predicted octanol–water partition coefficient (Wildman–Crippen LogP) is 4.23. The second-order valence-electron chi connectivity index (χ2n) is 6.22. The Hall–Kier alpha value is -2.88. The van der Waals surface area contributed by atoms with Gasteiger partial charge in [0.1, 0.15) is 0 Å². The average molecular weight is 325 g/mol. The summed E-state index contributed by atoms with van der Waals surface area (Å²) in [6.07, 6.45) is 5.35. The number of hydrogen-bond donors (Lipinski definition) is 2. The second-order valence-corrected chi connectivity index (χ2v) is 6.22. The van der Waals surface area contributed by atoms with Crippen molar-refractivity contribution in [2.24, 2.45) is 0 Å². The normalized spacial score (nSPS) is 12.5. The van der Waals surface area contributed by atoms with E-state index < -0.39 is 11.9 Å². The Kier molecular flexibility index (Phi) is 6.48. The monoisotopic (exact) mass is 325 g/mol. The molecule has 4 heteroatoms. The van der Waals surface area contributed by atoms with Gasteiger partial charge in [0, 0.05) is 5.69 Å². The van der Waals surface area contributed by atoms with Gasteiger partial charge in [-0.25, -0.2) is 4.79 Å². The van der Waals surface area contributed by atoms with Crippen molar-refractivity contribution in [2.45, 2.75) is 26.2 Å². The summed E-state index contributed by atoms with van der Waals surface area (Å²) >= 11 is 0. The van der Waals surface area contributed by atoms with E-state index in [1.807, 2.05) is 18.2 Å². The van der Waals surface area contributed by atoms with E-state index in [2.05, 4.69) is 39.2 Å². The molecule has 126 valence electrons. The van der Waals surface area contributed by atoms with Crippen molar-refractivity contribution in [3.8, 4) is 0 Å². The van der Waals surface area contributed by atoms with Gasteiger partial charge < -0.3 is 10.4 Å². The largest absolute Gasteiger partial charge is 0.478 e. The fourth-order valence-corrected chi connectivity index (χ4v) is 2.06. The summed E-state index contributed by atoms with van der Waals surface area (Å²) in [7, 11) is 0. The predicted molar refractivity (Wildman–Crippen MR) is 98.0 cm³/mol. The summed E-state index contributed by atoms with van der Waals surface area (Å²) in [6.45, 7) is 13.2. The molecule has 0 saturated carbocycles. The molecule has 24 heavy (non-hydrogen) atoms. The first-order valence-corrected chi connectivity index (χ1v) is 7.51. The van der Waals surface area contributed by atoms with Crippen molar-refractivity contribution in [3.63, 3.8) is 0 Å². The standard InChI is InChI=1S/C20H23NO3/c1-6-9-16(17(10-7-2)19(23)24)18(22)21-15-12-8-11-14(13-15)20(3,4)5/h6-13H,1-2H2,3-5H3,(H,21,22)(H,23,24)/b16-9+,17-10+. The molecule has 1 aromatic rings. The molecule has 0 aromatic heterocycles. The van der Waals surface area contributed by atoms with E-state index in [9.17, 15) is 14.7 Å². The number of allylic oxidation sites excluding steroid dienone is 4. The van der Waals surface area contributed by atoms with Crippen LogP contribution in [0.5, 0.6) is 0 Å². The number of nitrogens with one attached hydrogen (secondary N) is 1. The van der Waals surface area contributed by atoms with Crippen LogP contribution in [-0.4, -0.2) is 17.0 Å². The van der Waals surface area contributed by atoms with E-state index in [0.29, 0.717) is 5.69 Å². The summed E-state index contributed by atoms with van der Waals surface area (Å²) in [6, 6.07) is 7.47. The average Bonchev–Trinajstić information content (AvgIpc) is 2.50. The third-order valence-corrected chi connectivity index (χ3v) is 3.32. The summed E-state index contributed by atoms with van der Waals surface area (Å²) in [4.78, 5) is 23.9. The maximum absolute atomic E-state index is 12.5. The van der Waals surface area contributed by atoms with Crippen LogP contribution in [0.25, 0.3) is 0 Å². The van der Waals surface area contributed by atoms with Crippen LogP contribution >= 0.6 is 0 Å². The number of carboxylic acid groups (broad SMARTS) is 1. The first-order valence-electron chi connectivity index (χ1n) is 7.51. The molecule has 0 aliphatic carbocycles. The second kappa shape index (κ2) is 8.11. The molecular formula is C20H23NO3.